The van der Waals surface area contributed by atoms with Crippen LogP contribution < -0.4 is 10.1 Å². The summed E-state index contributed by atoms with van der Waals surface area (Å²) in [6.07, 6.45) is 7.99. The molecule has 0 aliphatic carbocycles. The highest BCUT2D eigenvalue weighted by molar-refractivity contribution is 6.05. The van der Waals surface area contributed by atoms with Gasteiger partial charge in [-0.15, -0.1) is 0 Å². The normalized spacial score (nSPS) is 18.3. The van der Waals surface area contributed by atoms with E-state index in [9.17, 15) is 9.59 Å². The maximum absolute atomic E-state index is 13.2. The lowest BCUT2D eigenvalue weighted by Gasteiger charge is -2.37. The number of hydrogen-bond donors (Lipinski definition) is 1. The van der Waals surface area contributed by atoms with Gasteiger partial charge in [-0.25, -0.2) is 0 Å². The van der Waals surface area contributed by atoms with Gasteiger partial charge >= 0.3 is 0 Å². The average Bonchev–Trinajstić information content (AvgIpc) is 3.34. The topological polar surface area (TPSA) is 63.6 Å². The summed E-state index contributed by atoms with van der Waals surface area (Å²) in [4.78, 5) is 28.0. The highest BCUT2D eigenvalue weighted by Gasteiger charge is 2.31. The summed E-state index contributed by atoms with van der Waals surface area (Å²) in [6.45, 7) is 1.38. The Kier molecular flexibility index (Phi) is 5.20. The number of ether oxygens (including phenoxy) is 1. The highest BCUT2D eigenvalue weighted by Crippen LogP contribution is 2.31. The van der Waals surface area contributed by atoms with E-state index < -0.39 is 0 Å². The van der Waals surface area contributed by atoms with Crippen molar-refractivity contribution in [2.75, 3.05) is 18.5 Å². The van der Waals surface area contributed by atoms with Crippen molar-refractivity contribution in [3.8, 4) is 11.4 Å². The Labute approximate surface area is 181 Å². The van der Waals surface area contributed by atoms with E-state index in [1.165, 1.54) is 0 Å². The van der Waals surface area contributed by atoms with Crippen molar-refractivity contribution in [1.82, 2.24) is 9.47 Å². The van der Waals surface area contributed by atoms with Crippen LogP contribution in [-0.4, -0.2) is 40.5 Å². The fourth-order valence-electron chi connectivity index (χ4n) is 4.42. The first kappa shape index (κ1) is 19.4. The number of rotatable bonds is 3. The van der Waals surface area contributed by atoms with Crippen LogP contribution in [0.25, 0.3) is 5.69 Å². The van der Waals surface area contributed by atoms with E-state index in [1.807, 2.05) is 46.1 Å². The Morgan fingerprint density at radius 2 is 1.81 bits per heavy atom. The molecule has 0 bridgehead atoms. The molecule has 0 spiro atoms. The zero-order valence-electron chi connectivity index (χ0n) is 17.3. The minimum atomic E-state index is -0.214. The SMILES string of the molecule is O=C(Nc1ccc2c(c1)C(=O)N1CCCCC1CCO2)c1ccc(-n2cccc2)cc1. The van der Waals surface area contributed by atoms with E-state index >= 15 is 0 Å². The maximum atomic E-state index is 13.2. The van der Waals surface area contributed by atoms with Crippen molar-refractivity contribution < 1.29 is 14.3 Å². The molecule has 1 saturated heterocycles. The van der Waals surface area contributed by atoms with Crippen LogP contribution >= 0.6 is 0 Å². The second-order valence-electron chi connectivity index (χ2n) is 8.09. The lowest BCUT2D eigenvalue weighted by molar-refractivity contribution is 0.0548. The van der Waals surface area contributed by atoms with Crippen LogP contribution in [0.4, 0.5) is 5.69 Å². The Morgan fingerprint density at radius 3 is 2.61 bits per heavy atom. The first-order valence-electron chi connectivity index (χ1n) is 10.8. The fraction of sp³-hybridized carbons (Fsp3) is 0.280. The van der Waals surface area contributed by atoms with E-state index in [0.717, 1.165) is 37.9 Å². The molecule has 6 nitrogen and oxygen atoms in total. The standard InChI is InChI=1S/C25H25N3O3/c29-24(18-6-9-20(10-7-18)27-13-3-4-14-27)26-19-8-11-23-22(17-19)25(30)28-15-2-1-5-21(28)12-16-31-23/h3-4,6-11,13-14,17,21H,1-2,5,12,15-16H2,(H,26,29). The number of hydrogen-bond acceptors (Lipinski definition) is 3. The van der Waals surface area contributed by atoms with Gasteiger partial charge in [-0.3, -0.25) is 9.59 Å². The van der Waals surface area contributed by atoms with Gasteiger partial charge in [0.2, 0.25) is 0 Å². The first-order chi connectivity index (χ1) is 15.2. The zero-order chi connectivity index (χ0) is 21.2. The molecule has 1 fully saturated rings. The first-order valence-corrected chi connectivity index (χ1v) is 10.8. The summed E-state index contributed by atoms with van der Waals surface area (Å²) in [6, 6.07) is 16.9. The molecular weight excluding hydrogens is 390 g/mol. The van der Waals surface area contributed by atoms with E-state index in [-0.39, 0.29) is 17.9 Å². The molecule has 1 N–H and O–H groups in total. The van der Waals surface area contributed by atoms with Crippen LogP contribution in [0, 0.1) is 0 Å². The third-order valence-corrected chi connectivity index (χ3v) is 6.10. The lowest BCUT2D eigenvalue weighted by atomic mass is 9.97. The average molecular weight is 415 g/mol. The molecule has 6 heteroatoms. The van der Waals surface area contributed by atoms with Crippen molar-refractivity contribution in [1.29, 1.82) is 0 Å². The van der Waals surface area contributed by atoms with Crippen LogP contribution in [0.5, 0.6) is 5.75 Å². The maximum Gasteiger partial charge on any atom is 0.257 e. The number of aromatic nitrogens is 1. The molecule has 2 aliphatic rings. The molecule has 1 aromatic heterocycles. The Bertz CT molecular complexity index is 1090. The summed E-state index contributed by atoms with van der Waals surface area (Å²) in [7, 11) is 0. The van der Waals surface area contributed by atoms with E-state index in [4.69, 9.17) is 4.74 Å². The Morgan fingerprint density at radius 1 is 1.00 bits per heavy atom. The number of fused-ring (bicyclic) bond motifs is 2. The highest BCUT2D eigenvalue weighted by atomic mass is 16.5. The number of anilines is 1. The molecule has 3 heterocycles. The fourth-order valence-corrected chi connectivity index (χ4v) is 4.42. The van der Waals surface area contributed by atoms with E-state index in [1.54, 1.807) is 30.3 Å². The largest absolute Gasteiger partial charge is 0.493 e. The predicted octanol–water partition coefficient (Wildman–Crippen LogP) is 4.51. The van der Waals surface area contributed by atoms with Gasteiger partial charge < -0.3 is 19.5 Å². The number of benzene rings is 2. The minimum absolute atomic E-state index is 0.00780. The van der Waals surface area contributed by atoms with Gasteiger partial charge in [0.15, 0.2) is 0 Å². The molecule has 2 aliphatic heterocycles. The van der Waals surface area contributed by atoms with Crippen molar-refractivity contribution >= 4 is 17.5 Å². The number of carbonyl (C=O) groups excluding carboxylic acids is 2. The van der Waals surface area contributed by atoms with Gasteiger partial charge in [0.25, 0.3) is 11.8 Å². The molecule has 2 amide bonds. The molecule has 3 aromatic rings. The van der Waals surface area contributed by atoms with Crippen molar-refractivity contribution in [3.05, 3.63) is 78.1 Å². The van der Waals surface area contributed by atoms with Crippen LogP contribution in [0.2, 0.25) is 0 Å². The van der Waals surface area contributed by atoms with Gasteiger partial charge in [0, 0.05) is 48.3 Å². The predicted molar refractivity (Wildman–Crippen MR) is 119 cm³/mol. The summed E-state index contributed by atoms with van der Waals surface area (Å²) in [5, 5.41) is 2.92. The third-order valence-electron chi connectivity index (χ3n) is 6.10. The van der Waals surface area contributed by atoms with Crippen LogP contribution in [0.15, 0.2) is 67.0 Å². The molecular formula is C25H25N3O3. The van der Waals surface area contributed by atoms with E-state index in [2.05, 4.69) is 5.32 Å². The van der Waals surface area contributed by atoms with Gasteiger partial charge in [-0.05, 0) is 73.9 Å². The van der Waals surface area contributed by atoms with E-state index in [0.29, 0.717) is 29.2 Å². The van der Waals surface area contributed by atoms with Gasteiger partial charge in [0.05, 0.1) is 12.2 Å². The van der Waals surface area contributed by atoms with Crippen LogP contribution in [0.1, 0.15) is 46.4 Å². The zero-order valence-corrected chi connectivity index (χ0v) is 17.3. The number of piperidine rings is 1. The van der Waals surface area contributed by atoms with Crippen LogP contribution in [-0.2, 0) is 0 Å². The van der Waals surface area contributed by atoms with Crippen LogP contribution in [0.3, 0.4) is 0 Å². The molecule has 158 valence electrons. The molecule has 31 heavy (non-hydrogen) atoms. The summed E-state index contributed by atoms with van der Waals surface area (Å²) < 4.78 is 7.86. The Hall–Kier alpha value is -3.54. The monoisotopic (exact) mass is 415 g/mol. The van der Waals surface area contributed by atoms with Gasteiger partial charge in [-0.1, -0.05) is 0 Å². The van der Waals surface area contributed by atoms with Crippen molar-refractivity contribution in [2.45, 2.75) is 31.7 Å². The number of amides is 2. The molecule has 0 radical (unpaired) electrons. The molecule has 0 saturated carbocycles. The number of nitrogens with zero attached hydrogens (tertiary/aromatic N) is 2. The summed E-state index contributed by atoms with van der Waals surface area (Å²) >= 11 is 0. The number of carbonyl (C=O) groups is 2. The minimum Gasteiger partial charge on any atom is -0.493 e. The van der Waals surface area contributed by atoms with Crippen molar-refractivity contribution in [2.24, 2.45) is 0 Å². The number of nitrogens with one attached hydrogen (secondary N) is 1. The van der Waals surface area contributed by atoms with Crippen molar-refractivity contribution in [3.63, 3.8) is 0 Å². The molecule has 5 rings (SSSR count). The Balaban J connectivity index is 1.35. The van der Waals surface area contributed by atoms with Gasteiger partial charge in [-0.2, -0.15) is 0 Å². The second-order valence-corrected chi connectivity index (χ2v) is 8.09. The molecule has 1 unspecified atom stereocenters. The third kappa shape index (κ3) is 3.93. The summed E-state index contributed by atoms with van der Waals surface area (Å²) in [5.74, 6) is 0.365. The summed E-state index contributed by atoms with van der Waals surface area (Å²) in [5.41, 5.74) is 2.65. The molecule has 2 aromatic carbocycles. The second kappa shape index (κ2) is 8.30. The smallest absolute Gasteiger partial charge is 0.257 e. The molecule has 1 atom stereocenters. The lowest BCUT2D eigenvalue weighted by Crippen LogP contribution is -2.45. The van der Waals surface area contributed by atoms with Gasteiger partial charge in [0.1, 0.15) is 5.75 Å². The quantitative estimate of drug-likeness (QED) is 0.685.